The molecule has 2 aromatic rings. The maximum Gasteiger partial charge on any atom is 0.220 e. The van der Waals surface area contributed by atoms with Crippen molar-refractivity contribution in [2.24, 2.45) is 0 Å². The maximum absolute atomic E-state index is 10.5. The highest BCUT2D eigenvalue weighted by atomic mass is 35.7. The fourth-order valence-corrected chi connectivity index (χ4v) is 2.01. The highest BCUT2D eigenvalue weighted by Crippen LogP contribution is 2.28. The largest absolute Gasteiger partial charge is 0.466 e. The smallest absolute Gasteiger partial charge is 0.220 e. The molecule has 0 saturated heterocycles. The number of furan rings is 2. The lowest BCUT2D eigenvalue weighted by molar-refractivity contribution is -1.92. The Hall–Kier alpha value is -1.31. The highest BCUT2D eigenvalue weighted by Gasteiger charge is 2.29. The van der Waals surface area contributed by atoms with Gasteiger partial charge in [0, 0.05) is 0 Å². The van der Waals surface area contributed by atoms with Crippen LogP contribution in [0.3, 0.4) is 0 Å². The molecule has 7 heteroatoms. The molecule has 104 valence electrons. The van der Waals surface area contributed by atoms with Gasteiger partial charge in [-0.2, -0.15) is 14.0 Å². The Morgan fingerprint density at radius 3 is 1.79 bits per heavy atom. The second-order valence-corrected chi connectivity index (χ2v) is 5.08. The normalized spacial score (nSPS) is 12.3. The molecule has 0 aromatic carbocycles. The number of aryl methyl sites for hydroxylation is 2. The monoisotopic (exact) mass is 288 g/mol. The van der Waals surface area contributed by atoms with Gasteiger partial charge in [0.15, 0.2) is 0 Å². The Bertz CT molecular complexity index is 498. The first-order valence-electron chi connectivity index (χ1n) is 5.53. The molecule has 0 fully saturated rings. The van der Waals surface area contributed by atoms with Crippen molar-refractivity contribution in [2.45, 2.75) is 19.8 Å². The van der Waals surface area contributed by atoms with Crippen molar-refractivity contribution < 1.29 is 37.3 Å². The Morgan fingerprint density at radius 1 is 1.00 bits per heavy atom. The van der Waals surface area contributed by atoms with Crippen LogP contribution in [-0.4, -0.2) is 6.61 Å². The predicted octanol–water partition coefficient (Wildman–Crippen LogP) is -0.465. The van der Waals surface area contributed by atoms with Crippen LogP contribution in [0.25, 0.3) is 0 Å². The average molecular weight is 289 g/mol. The Kier molecular flexibility index (Phi) is 3.98. The molecule has 0 aliphatic rings. The maximum atomic E-state index is 10.5. The van der Waals surface area contributed by atoms with E-state index in [2.05, 4.69) is 4.29 Å². The van der Waals surface area contributed by atoms with Crippen molar-refractivity contribution in [1.29, 1.82) is 0 Å². The summed E-state index contributed by atoms with van der Waals surface area (Å²) < 4.78 is 46.8. The van der Waals surface area contributed by atoms with E-state index in [1.54, 1.807) is 38.1 Å². The van der Waals surface area contributed by atoms with Crippen LogP contribution in [0.2, 0.25) is 0 Å². The van der Waals surface area contributed by atoms with Crippen molar-refractivity contribution in [1.82, 2.24) is 0 Å². The van der Waals surface area contributed by atoms with Crippen LogP contribution in [-0.2, 0) is 4.29 Å². The second kappa shape index (κ2) is 5.36. The summed E-state index contributed by atoms with van der Waals surface area (Å²) in [6.07, 6.45) is 0. The third kappa shape index (κ3) is 3.82. The quantitative estimate of drug-likeness (QED) is 0.737. The summed E-state index contributed by atoms with van der Waals surface area (Å²) in [5.41, 5.74) is 0. The standard InChI is InChI=1S/C12H13ClO6/c1-8-3-5-11(18-8)10(7-17-13(14,15)16)12-6-4-9(2)19-12/h3-6,10H,7H2,1-2H3. The molecule has 6 nitrogen and oxygen atoms in total. The van der Waals surface area contributed by atoms with E-state index in [9.17, 15) is 14.0 Å². The summed E-state index contributed by atoms with van der Waals surface area (Å²) in [7, 11) is -4.48. The van der Waals surface area contributed by atoms with Crippen LogP contribution >= 0.6 is 0 Å². The molecule has 0 amide bonds. The number of halogens is 1. The molecule has 0 radical (unpaired) electrons. The Balaban J connectivity index is 2.23. The van der Waals surface area contributed by atoms with E-state index in [1.807, 2.05) is 0 Å². The lowest BCUT2D eigenvalue weighted by atomic mass is 10.1. The van der Waals surface area contributed by atoms with Gasteiger partial charge < -0.3 is 8.83 Å². The van der Waals surface area contributed by atoms with Crippen molar-refractivity contribution in [3.63, 3.8) is 0 Å². The molecule has 2 heterocycles. The van der Waals surface area contributed by atoms with Gasteiger partial charge in [-0.1, -0.05) is 0 Å². The molecule has 0 aliphatic heterocycles. The molecule has 2 rings (SSSR count). The third-order valence-corrected chi connectivity index (χ3v) is 2.97. The van der Waals surface area contributed by atoms with Crippen molar-refractivity contribution in [3.8, 4) is 0 Å². The minimum atomic E-state index is -4.48. The predicted molar refractivity (Wildman–Crippen MR) is 54.7 cm³/mol. The van der Waals surface area contributed by atoms with E-state index in [-0.39, 0.29) is 6.61 Å². The summed E-state index contributed by atoms with van der Waals surface area (Å²) in [5.74, 6) is 1.71. The van der Waals surface area contributed by atoms with Crippen LogP contribution in [0, 0.1) is 24.1 Å². The number of rotatable bonds is 5. The van der Waals surface area contributed by atoms with Crippen molar-refractivity contribution >= 4 is 0 Å². The van der Waals surface area contributed by atoms with Crippen molar-refractivity contribution in [2.75, 3.05) is 6.61 Å². The van der Waals surface area contributed by atoms with Gasteiger partial charge in [-0.3, -0.25) is 0 Å². The van der Waals surface area contributed by atoms with E-state index in [0.29, 0.717) is 23.0 Å². The molecule has 0 aliphatic carbocycles. The molecule has 0 bridgehead atoms. The van der Waals surface area contributed by atoms with Crippen LogP contribution in [0.15, 0.2) is 33.1 Å². The van der Waals surface area contributed by atoms with Crippen LogP contribution < -0.4 is 14.0 Å². The van der Waals surface area contributed by atoms with Crippen LogP contribution in [0.1, 0.15) is 29.0 Å². The first-order valence-corrected chi connectivity index (χ1v) is 6.76. The van der Waals surface area contributed by atoms with Gasteiger partial charge in [0.25, 0.3) is 0 Å². The van der Waals surface area contributed by atoms with Crippen LogP contribution in [0.5, 0.6) is 0 Å². The van der Waals surface area contributed by atoms with E-state index in [0.717, 1.165) is 0 Å². The number of hydrogen-bond acceptors (Lipinski definition) is 6. The summed E-state index contributed by atoms with van der Waals surface area (Å²) in [6, 6.07) is 6.86. The van der Waals surface area contributed by atoms with Gasteiger partial charge in [-0.25, -0.2) is 0 Å². The van der Waals surface area contributed by atoms with Gasteiger partial charge in [0.1, 0.15) is 29.0 Å². The fraction of sp³-hybridized carbons (Fsp3) is 0.333. The second-order valence-electron chi connectivity index (χ2n) is 4.10. The zero-order chi connectivity index (χ0) is 14.0. The first kappa shape index (κ1) is 14.1. The molecular formula is C12H13ClO6. The summed E-state index contributed by atoms with van der Waals surface area (Å²) in [6.45, 7) is 3.15. The SMILES string of the molecule is Cc1ccc(C(CO[Cl+3]([O-])([O-])[O-])c2ccc(C)o2)o1. The van der Waals surface area contributed by atoms with Gasteiger partial charge in [0.2, 0.25) is 6.61 Å². The number of hydrogen-bond donors (Lipinski definition) is 0. The Morgan fingerprint density at radius 2 is 1.47 bits per heavy atom. The average Bonchev–Trinajstić information content (AvgIpc) is 2.87. The minimum absolute atomic E-state index is 0.368. The van der Waals surface area contributed by atoms with Gasteiger partial charge in [-0.15, -0.1) is 0 Å². The molecule has 2 aromatic heterocycles. The summed E-state index contributed by atoms with van der Waals surface area (Å²) >= 11 is 0. The zero-order valence-corrected chi connectivity index (χ0v) is 11.2. The summed E-state index contributed by atoms with van der Waals surface area (Å²) in [5, 5.41) is 0. The third-order valence-electron chi connectivity index (χ3n) is 2.57. The van der Waals surface area contributed by atoms with Gasteiger partial charge >= 0.3 is 0 Å². The van der Waals surface area contributed by atoms with Gasteiger partial charge in [-0.05, 0) is 38.1 Å². The summed E-state index contributed by atoms with van der Waals surface area (Å²) in [4.78, 5) is 0. The van der Waals surface area contributed by atoms with E-state index < -0.39 is 16.2 Å². The first-order chi connectivity index (χ1) is 8.85. The highest BCUT2D eigenvalue weighted by molar-refractivity contribution is 5.22. The fourth-order valence-electron chi connectivity index (χ4n) is 1.73. The minimum Gasteiger partial charge on any atom is -0.466 e. The molecule has 0 spiro atoms. The van der Waals surface area contributed by atoms with Crippen LogP contribution in [0.4, 0.5) is 0 Å². The molecule has 0 N–H and O–H groups in total. The lowest BCUT2D eigenvalue weighted by Crippen LogP contribution is -2.61. The van der Waals surface area contributed by atoms with E-state index in [4.69, 9.17) is 8.83 Å². The zero-order valence-electron chi connectivity index (χ0n) is 10.4. The Labute approximate surface area is 111 Å². The molecule has 0 atom stereocenters. The van der Waals surface area contributed by atoms with Crippen molar-refractivity contribution in [3.05, 3.63) is 47.3 Å². The topological polar surface area (TPSA) is 105 Å². The molecule has 0 unspecified atom stereocenters. The molecule has 19 heavy (non-hydrogen) atoms. The molecular weight excluding hydrogens is 276 g/mol. The van der Waals surface area contributed by atoms with E-state index >= 15 is 0 Å². The van der Waals surface area contributed by atoms with E-state index in [1.165, 1.54) is 0 Å². The molecule has 0 saturated carbocycles. The lowest BCUT2D eigenvalue weighted by Gasteiger charge is -2.15. The van der Waals surface area contributed by atoms with Gasteiger partial charge in [0.05, 0.1) is 14.5 Å².